The maximum absolute atomic E-state index is 12.0. The predicted octanol–water partition coefficient (Wildman–Crippen LogP) is 2.22. The van der Waals surface area contributed by atoms with Crippen LogP contribution >= 0.6 is 0 Å². The van der Waals surface area contributed by atoms with Crippen molar-refractivity contribution in [3.63, 3.8) is 0 Å². The van der Waals surface area contributed by atoms with Crippen molar-refractivity contribution in [2.75, 3.05) is 33.9 Å². The van der Waals surface area contributed by atoms with Gasteiger partial charge < -0.3 is 19.7 Å². The summed E-state index contributed by atoms with van der Waals surface area (Å²) in [6.07, 6.45) is 0. The Morgan fingerprint density at radius 2 is 1.81 bits per heavy atom. The van der Waals surface area contributed by atoms with Crippen molar-refractivity contribution in [1.82, 2.24) is 10.2 Å². The maximum Gasteiger partial charge on any atom is 0.236 e. The first kappa shape index (κ1) is 17.3. The Morgan fingerprint density at radius 3 is 2.33 bits per heavy atom. The van der Waals surface area contributed by atoms with Gasteiger partial charge in [-0.15, -0.1) is 0 Å². The third kappa shape index (κ3) is 4.63. The van der Waals surface area contributed by atoms with Gasteiger partial charge in [-0.1, -0.05) is 6.07 Å². The van der Waals surface area contributed by atoms with Gasteiger partial charge in [0.15, 0.2) is 11.5 Å². The lowest BCUT2D eigenvalue weighted by molar-refractivity contribution is -0.129. The van der Waals surface area contributed by atoms with Crippen LogP contribution in [0.2, 0.25) is 0 Å². The average molecular weight is 294 g/mol. The van der Waals surface area contributed by atoms with Crippen molar-refractivity contribution in [2.24, 2.45) is 0 Å². The number of nitrogens with zero attached hydrogens (tertiary/aromatic N) is 1. The summed E-state index contributed by atoms with van der Waals surface area (Å²) in [5.74, 6) is 1.51. The number of nitrogens with one attached hydrogen (secondary N) is 1. The normalized spacial score (nSPS) is 11.9. The fourth-order valence-electron chi connectivity index (χ4n) is 2.17. The Kier molecular flexibility index (Phi) is 7.02. The quantitative estimate of drug-likeness (QED) is 0.799. The zero-order valence-electron chi connectivity index (χ0n) is 13.6. The molecule has 0 spiro atoms. The van der Waals surface area contributed by atoms with E-state index in [0.717, 1.165) is 18.7 Å². The monoisotopic (exact) mass is 294 g/mol. The number of benzene rings is 1. The van der Waals surface area contributed by atoms with Crippen molar-refractivity contribution in [2.45, 2.75) is 26.8 Å². The molecule has 1 aromatic carbocycles. The molecule has 0 saturated heterocycles. The molecule has 0 aliphatic carbocycles. The highest BCUT2D eigenvalue weighted by molar-refractivity contribution is 5.78. The summed E-state index contributed by atoms with van der Waals surface area (Å²) in [5.41, 5.74) is 1.06. The third-order valence-corrected chi connectivity index (χ3v) is 3.58. The van der Waals surface area contributed by atoms with Gasteiger partial charge in [0.1, 0.15) is 0 Å². The van der Waals surface area contributed by atoms with E-state index in [0.29, 0.717) is 18.0 Å². The molecule has 21 heavy (non-hydrogen) atoms. The predicted molar refractivity (Wildman–Crippen MR) is 83.9 cm³/mol. The van der Waals surface area contributed by atoms with Crippen molar-refractivity contribution < 1.29 is 14.3 Å². The number of amides is 1. The van der Waals surface area contributed by atoms with Gasteiger partial charge in [-0.3, -0.25) is 4.79 Å². The third-order valence-electron chi connectivity index (χ3n) is 3.58. The minimum Gasteiger partial charge on any atom is -0.493 e. The zero-order valence-corrected chi connectivity index (χ0v) is 13.6. The lowest BCUT2D eigenvalue weighted by atomic mass is 10.1. The minimum absolute atomic E-state index is 0.0596. The van der Waals surface area contributed by atoms with E-state index >= 15 is 0 Å². The number of hydrogen-bond donors (Lipinski definition) is 1. The van der Waals surface area contributed by atoms with E-state index in [2.05, 4.69) is 5.32 Å². The largest absolute Gasteiger partial charge is 0.493 e. The summed E-state index contributed by atoms with van der Waals surface area (Å²) in [5, 5.41) is 3.25. The van der Waals surface area contributed by atoms with E-state index in [1.165, 1.54) is 0 Å². The molecule has 5 heteroatoms. The molecule has 1 aromatic rings. The molecular weight excluding hydrogens is 268 g/mol. The molecule has 1 atom stereocenters. The average Bonchev–Trinajstić information content (AvgIpc) is 2.52. The second kappa shape index (κ2) is 8.52. The van der Waals surface area contributed by atoms with E-state index in [1.807, 2.05) is 43.9 Å². The van der Waals surface area contributed by atoms with E-state index in [-0.39, 0.29) is 11.9 Å². The van der Waals surface area contributed by atoms with Gasteiger partial charge in [-0.25, -0.2) is 0 Å². The molecule has 118 valence electrons. The summed E-state index contributed by atoms with van der Waals surface area (Å²) < 4.78 is 10.5. The lowest BCUT2D eigenvalue weighted by Crippen LogP contribution is -2.38. The van der Waals surface area contributed by atoms with Crippen molar-refractivity contribution >= 4 is 5.91 Å². The van der Waals surface area contributed by atoms with Crippen LogP contribution in [-0.2, 0) is 4.79 Å². The van der Waals surface area contributed by atoms with Gasteiger partial charge in [0.05, 0.1) is 20.8 Å². The van der Waals surface area contributed by atoms with Crippen molar-refractivity contribution in [3.8, 4) is 11.5 Å². The van der Waals surface area contributed by atoms with Crippen LogP contribution < -0.4 is 14.8 Å². The van der Waals surface area contributed by atoms with Gasteiger partial charge >= 0.3 is 0 Å². The first-order valence-electron chi connectivity index (χ1n) is 7.30. The van der Waals surface area contributed by atoms with E-state index in [4.69, 9.17) is 9.47 Å². The summed E-state index contributed by atoms with van der Waals surface area (Å²) in [7, 11) is 3.23. The molecule has 0 saturated carbocycles. The molecule has 0 fully saturated rings. The fourth-order valence-corrected chi connectivity index (χ4v) is 2.17. The van der Waals surface area contributed by atoms with Crippen LogP contribution in [0.4, 0.5) is 0 Å². The molecular formula is C16H26N2O3. The van der Waals surface area contributed by atoms with E-state index in [9.17, 15) is 4.79 Å². The van der Waals surface area contributed by atoms with E-state index < -0.39 is 0 Å². The number of carbonyl (C=O) groups is 1. The molecule has 5 nitrogen and oxygen atoms in total. The Morgan fingerprint density at radius 1 is 1.19 bits per heavy atom. The highest BCUT2D eigenvalue weighted by atomic mass is 16.5. The summed E-state index contributed by atoms with van der Waals surface area (Å²) in [4.78, 5) is 13.8. The van der Waals surface area contributed by atoms with Gasteiger partial charge in [0, 0.05) is 19.1 Å². The number of rotatable bonds is 8. The van der Waals surface area contributed by atoms with Crippen LogP contribution in [0.15, 0.2) is 18.2 Å². The van der Waals surface area contributed by atoms with Gasteiger partial charge in [0.2, 0.25) is 5.91 Å². The van der Waals surface area contributed by atoms with Crippen LogP contribution in [0, 0.1) is 0 Å². The Balaban J connectivity index is 2.67. The number of ether oxygens (including phenoxy) is 2. The maximum atomic E-state index is 12.0. The summed E-state index contributed by atoms with van der Waals surface area (Å²) >= 11 is 0. The molecule has 0 bridgehead atoms. The summed E-state index contributed by atoms with van der Waals surface area (Å²) in [6.45, 7) is 7.80. The minimum atomic E-state index is 0.0596. The van der Waals surface area contributed by atoms with Crippen LogP contribution in [0.25, 0.3) is 0 Å². The van der Waals surface area contributed by atoms with Gasteiger partial charge in [-0.05, 0) is 38.5 Å². The second-order valence-electron chi connectivity index (χ2n) is 4.78. The Labute approximate surface area is 127 Å². The number of methoxy groups -OCH3 is 2. The lowest BCUT2D eigenvalue weighted by Gasteiger charge is -2.21. The fraction of sp³-hybridized carbons (Fsp3) is 0.562. The second-order valence-corrected chi connectivity index (χ2v) is 4.78. The van der Waals surface area contributed by atoms with Gasteiger partial charge in [0.25, 0.3) is 0 Å². The Hall–Kier alpha value is -1.75. The topological polar surface area (TPSA) is 50.8 Å². The molecule has 1 N–H and O–H groups in total. The molecule has 0 heterocycles. The molecule has 0 aliphatic rings. The van der Waals surface area contributed by atoms with Crippen molar-refractivity contribution in [1.29, 1.82) is 0 Å². The number of hydrogen-bond acceptors (Lipinski definition) is 4. The highest BCUT2D eigenvalue weighted by Crippen LogP contribution is 2.29. The first-order valence-corrected chi connectivity index (χ1v) is 7.30. The van der Waals surface area contributed by atoms with Crippen LogP contribution in [0.3, 0.4) is 0 Å². The standard InChI is InChI=1S/C16H26N2O3/c1-6-18(7-2)16(19)11-17-12(3)13-8-9-14(20-4)15(10-13)21-5/h8-10,12,17H,6-7,11H2,1-5H3. The van der Waals surface area contributed by atoms with Crippen molar-refractivity contribution in [3.05, 3.63) is 23.8 Å². The summed E-state index contributed by atoms with van der Waals surface area (Å²) in [6, 6.07) is 5.84. The van der Waals surface area contributed by atoms with Crippen LogP contribution in [-0.4, -0.2) is 44.7 Å². The SMILES string of the molecule is CCN(CC)C(=O)CNC(C)c1ccc(OC)c(OC)c1. The van der Waals surface area contributed by atoms with Crippen LogP contribution in [0.1, 0.15) is 32.4 Å². The number of likely N-dealkylation sites (N-methyl/N-ethyl adjacent to an activating group) is 1. The smallest absolute Gasteiger partial charge is 0.236 e. The highest BCUT2D eigenvalue weighted by Gasteiger charge is 2.13. The molecule has 0 aliphatic heterocycles. The molecule has 1 rings (SSSR count). The van der Waals surface area contributed by atoms with E-state index in [1.54, 1.807) is 14.2 Å². The molecule has 0 aromatic heterocycles. The zero-order chi connectivity index (χ0) is 15.8. The number of carbonyl (C=O) groups excluding carboxylic acids is 1. The molecule has 1 amide bonds. The molecule has 0 radical (unpaired) electrons. The van der Waals surface area contributed by atoms with Gasteiger partial charge in [-0.2, -0.15) is 0 Å². The Bertz CT molecular complexity index is 459. The molecule has 1 unspecified atom stereocenters. The van der Waals surface area contributed by atoms with Crippen LogP contribution in [0.5, 0.6) is 11.5 Å². The first-order chi connectivity index (χ1) is 10.1.